The van der Waals surface area contributed by atoms with Gasteiger partial charge in [0.05, 0.1) is 35.9 Å². The maximum absolute atomic E-state index is 13.3. The molecule has 0 N–H and O–H groups in total. The Kier molecular flexibility index (Phi) is 6.44. The van der Waals surface area contributed by atoms with Gasteiger partial charge in [-0.05, 0) is 44.2 Å². The number of halogens is 3. The number of carbonyl (C=O) groups is 1. The maximum Gasteiger partial charge on any atom is 0.433 e. The standard InChI is InChI=1S/C23H22F3N7O/c1-3-31(22(34)17-15-16(2)7-8-20(17)33-27-10-11-28-33)13-14-32-12-9-19(30-32)18-5-4-6-21(29-18)23(24,25)26/h4-12,15H,3,13-14H2,1-2H3. The fraction of sp³-hybridized carbons (Fsp3) is 0.261. The number of pyridine rings is 1. The van der Waals surface area contributed by atoms with Gasteiger partial charge in [-0.2, -0.15) is 33.3 Å². The van der Waals surface area contributed by atoms with Crippen molar-refractivity contribution >= 4 is 5.91 Å². The second-order valence-electron chi connectivity index (χ2n) is 7.59. The number of carbonyl (C=O) groups excluding carboxylic acids is 1. The molecule has 0 unspecified atom stereocenters. The minimum atomic E-state index is -4.53. The molecule has 0 atom stereocenters. The first-order valence-electron chi connectivity index (χ1n) is 10.6. The van der Waals surface area contributed by atoms with Gasteiger partial charge >= 0.3 is 6.18 Å². The Morgan fingerprint density at radius 3 is 2.53 bits per heavy atom. The van der Waals surface area contributed by atoms with Gasteiger partial charge in [0.15, 0.2) is 0 Å². The van der Waals surface area contributed by atoms with E-state index >= 15 is 0 Å². The molecule has 0 saturated heterocycles. The molecule has 1 aromatic carbocycles. The normalized spacial score (nSPS) is 11.6. The molecule has 0 radical (unpaired) electrons. The van der Waals surface area contributed by atoms with Crippen LogP contribution in [0.1, 0.15) is 28.5 Å². The van der Waals surface area contributed by atoms with Crippen molar-refractivity contribution in [1.29, 1.82) is 0 Å². The van der Waals surface area contributed by atoms with Crippen molar-refractivity contribution in [2.75, 3.05) is 13.1 Å². The molecule has 34 heavy (non-hydrogen) atoms. The highest BCUT2D eigenvalue weighted by Gasteiger charge is 2.32. The van der Waals surface area contributed by atoms with Gasteiger partial charge < -0.3 is 4.90 Å². The zero-order valence-electron chi connectivity index (χ0n) is 18.6. The van der Waals surface area contributed by atoms with Crippen LogP contribution >= 0.6 is 0 Å². The van der Waals surface area contributed by atoms with E-state index in [2.05, 4.69) is 20.3 Å². The van der Waals surface area contributed by atoms with E-state index in [1.54, 1.807) is 46.4 Å². The van der Waals surface area contributed by atoms with Crippen LogP contribution < -0.4 is 0 Å². The monoisotopic (exact) mass is 469 g/mol. The van der Waals surface area contributed by atoms with Gasteiger partial charge in [0, 0.05) is 19.3 Å². The lowest BCUT2D eigenvalue weighted by atomic mass is 10.1. The third-order valence-electron chi connectivity index (χ3n) is 5.23. The van der Waals surface area contributed by atoms with Gasteiger partial charge in [-0.1, -0.05) is 17.7 Å². The van der Waals surface area contributed by atoms with E-state index in [-0.39, 0.29) is 11.6 Å². The van der Waals surface area contributed by atoms with Crippen LogP contribution in [-0.4, -0.2) is 53.7 Å². The Bertz CT molecular complexity index is 1280. The summed E-state index contributed by atoms with van der Waals surface area (Å²) in [6.07, 6.45) is 0.211. The molecule has 8 nitrogen and oxygen atoms in total. The first-order chi connectivity index (χ1) is 16.3. The van der Waals surface area contributed by atoms with Crippen molar-refractivity contribution < 1.29 is 18.0 Å². The zero-order valence-corrected chi connectivity index (χ0v) is 18.6. The summed E-state index contributed by atoms with van der Waals surface area (Å²) in [5.74, 6) is -0.176. The van der Waals surface area contributed by atoms with Gasteiger partial charge in [-0.3, -0.25) is 9.48 Å². The lowest BCUT2D eigenvalue weighted by molar-refractivity contribution is -0.141. The number of amides is 1. The molecule has 3 aromatic heterocycles. The van der Waals surface area contributed by atoms with Gasteiger partial charge in [0.2, 0.25) is 0 Å². The number of hydrogen-bond acceptors (Lipinski definition) is 5. The Hall–Kier alpha value is -4.02. The lowest BCUT2D eigenvalue weighted by Gasteiger charge is -2.22. The summed E-state index contributed by atoms with van der Waals surface area (Å²) in [7, 11) is 0. The maximum atomic E-state index is 13.3. The van der Waals surface area contributed by atoms with Crippen molar-refractivity contribution in [3.05, 3.63) is 77.9 Å². The molecule has 0 bridgehead atoms. The number of benzene rings is 1. The molecular weight excluding hydrogens is 447 g/mol. The first kappa shape index (κ1) is 23.1. The number of aromatic nitrogens is 6. The second kappa shape index (κ2) is 9.46. The van der Waals surface area contributed by atoms with E-state index in [1.807, 2.05) is 19.9 Å². The average Bonchev–Trinajstić information content (AvgIpc) is 3.51. The van der Waals surface area contributed by atoms with E-state index in [1.165, 1.54) is 16.9 Å². The van der Waals surface area contributed by atoms with Crippen LogP contribution in [0.3, 0.4) is 0 Å². The number of hydrogen-bond donors (Lipinski definition) is 0. The second-order valence-corrected chi connectivity index (χ2v) is 7.59. The van der Waals surface area contributed by atoms with Crippen LogP contribution in [0.5, 0.6) is 0 Å². The summed E-state index contributed by atoms with van der Waals surface area (Å²) in [5.41, 5.74) is 1.48. The van der Waals surface area contributed by atoms with Crippen LogP contribution in [-0.2, 0) is 12.7 Å². The quantitative estimate of drug-likeness (QED) is 0.409. The molecular formula is C23H22F3N7O. The van der Waals surface area contributed by atoms with Gasteiger partial charge in [0.1, 0.15) is 11.4 Å². The third kappa shape index (κ3) is 4.98. The molecule has 176 valence electrons. The largest absolute Gasteiger partial charge is 0.433 e. The predicted molar refractivity (Wildman–Crippen MR) is 118 cm³/mol. The molecule has 1 amide bonds. The molecule has 0 aliphatic carbocycles. The average molecular weight is 469 g/mol. The SMILES string of the molecule is CCN(CCn1ccc(-c2cccc(C(F)(F)F)n2)n1)C(=O)c1cc(C)ccc1-n1nccn1. The first-order valence-corrected chi connectivity index (χ1v) is 10.6. The van der Waals surface area contributed by atoms with Crippen molar-refractivity contribution in [1.82, 2.24) is 34.7 Å². The summed E-state index contributed by atoms with van der Waals surface area (Å²) in [6, 6.07) is 10.8. The van der Waals surface area contributed by atoms with Crippen LogP contribution in [0, 0.1) is 6.92 Å². The minimum Gasteiger partial charge on any atom is -0.337 e. The fourth-order valence-electron chi connectivity index (χ4n) is 3.49. The van der Waals surface area contributed by atoms with E-state index in [4.69, 9.17) is 0 Å². The molecule has 0 fully saturated rings. The molecule has 0 aliphatic rings. The van der Waals surface area contributed by atoms with Crippen molar-refractivity contribution in [3.8, 4) is 17.1 Å². The number of aryl methyl sites for hydroxylation is 1. The summed E-state index contributed by atoms with van der Waals surface area (Å²) < 4.78 is 40.5. The topological polar surface area (TPSA) is 81.7 Å². The van der Waals surface area contributed by atoms with Gasteiger partial charge in [-0.25, -0.2) is 4.98 Å². The Morgan fingerprint density at radius 2 is 1.82 bits per heavy atom. The Balaban J connectivity index is 1.50. The Labute approximate surface area is 193 Å². The number of likely N-dealkylation sites (N-methyl/N-ethyl adjacent to an activating group) is 1. The highest BCUT2D eigenvalue weighted by molar-refractivity contribution is 5.98. The van der Waals surface area contributed by atoms with Gasteiger partial charge in [0.25, 0.3) is 5.91 Å². The molecule has 0 spiro atoms. The van der Waals surface area contributed by atoms with Crippen LogP contribution in [0.15, 0.2) is 61.1 Å². The minimum absolute atomic E-state index is 0.133. The smallest absolute Gasteiger partial charge is 0.337 e. The Morgan fingerprint density at radius 1 is 1.06 bits per heavy atom. The van der Waals surface area contributed by atoms with Crippen LogP contribution in [0.25, 0.3) is 17.1 Å². The highest BCUT2D eigenvalue weighted by Crippen LogP contribution is 2.29. The van der Waals surface area contributed by atoms with Crippen LogP contribution in [0.2, 0.25) is 0 Å². The zero-order chi connectivity index (χ0) is 24.3. The summed E-state index contributed by atoms with van der Waals surface area (Å²) >= 11 is 0. The molecule has 4 aromatic rings. The molecule has 3 heterocycles. The van der Waals surface area contributed by atoms with Crippen LogP contribution in [0.4, 0.5) is 13.2 Å². The van der Waals surface area contributed by atoms with E-state index in [0.717, 1.165) is 11.6 Å². The highest BCUT2D eigenvalue weighted by atomic mass is 19.4. The van der Waals surface area contributed by atoms with E-state index in [0.29, 0.717) is 36.6 Å². The molecule has 0 aliphatic heterocycles. The summed E-state index contributed by atoms with van der Waals surface area (Å²) in [5, 5.41) is 12.6. The molecule has 4 rings (SSSR count). The number of alkyl halides is 3. The molecule has 11 heteroatoms. The number of rotatable bonds is 7. The van der Waals surface area contributed by atoms with E-state index < -0.39 is 11.9 Å². The third-order valence-corrected chi connectivity index (χ3v) is 5.23. The number of nitrogens with zero attached hydrogens (tertiary/aromatic N) is 7. The summed E-state index contributed by atoms with van der Waals surface area (Å²) in [4.78, 5) is 20.1. The van der Waals surface area contributed by atoms with Crippen molar-refractivity contribution in [2.45, 2.75) is 26.6 Å². The van der Waals surface area contributed by atoms with Crippen molar-refractivity contribution in [3.63, 3.8) is 0 Å². The van der Waals surface area contributed by atoms with Crippen molar-refractivity contribution in [2.24, 2.45) is 0 Å². The molecule has 0 saturated carbocycles. The van der Waals surface area contributed by atoms with Gasteiger partial charge in [-0.15, -0.1) is 0 Å². The predicted octanol–water partition coefficient (Wildman–Crippen LogP) is 4.02. The summed E-state index contributed by atoms with van der Waals surface area (Å²) in [6.45, 7) is 4.95. The lowest BCUT2D eigenvalue weighted by Crippen LogP contribution is -2.34. The van der Waals surface area contributed by atoms with E-state index in [9.17, 15) is 18.0 Å². The fourth-order valence-corrected chi connectivity index (χ4v) is 3.49.